The smallest absolute Gasteiger partial charge is 0.143 e. The maximum Gasteiger partial charge on any atom is 0.143 e. The van der Waals surface area contributed by atoms with Crippen LogP contribution in [0.1, 0.15) is 12.8 Å². The molecular weight excluding hydrogens is 462 g/mol. The Morgan fingerprint density at radius 3 is 2.68 bits per heavy atom. The fraction of sp³-hybridized carbons (Fsp3) is 0.367. The molecule has 0 aliphatic carbocycles. The first-order valence-electron chi connectivity index (χ1n) is 13.4. The van der Waals surface area contributed by atoms with E-state index in [9.17, 15) is 0 Å². The highest BCUT2D eigenvalue weighted by atomic mass is 16.5. The number of nitrogens with one attached hydrogen (secondary N) is 2. The van der Waals surface area contributed by atoms with Crippen molar-refractivity contribution in [2.45, 2.75) is 25.0 Å². The van der Waals surface area contributed by atoms with Crippen LogP contribution < -0.4 is 19.7 Å². The summed E-state index contributed by atoms with van der Waals surface area (Å²) in [4.78, 5) is 13.0. The first kappa shape index (κ1) is 22.6. The Morgan fingerprint density at radius 2 is 1.81 bits per heavy atom. The van der Waals surface area contributed by atoms with Crippen LogP contribution in [-0.4, -0.2) is 73.4 Å². The fourth-order valence-electron chi connectivity index (χ4n) is 5.92. The molecule has 2 aromatic carbocycles. The van der Waals surface area contributed by atoms with Crippen molar-refractivity contribution in [2.75, 3.05) is 51.3 Å². The summed E-state index contributed by atoms with van der Waals surface area (Å²) in [5, 5.41) is 4.50. The van der Waals surface area contributed by atoms with Crippen LogP contribution in [0.25, 0.3) is 33.3 Å². The predicted molar refractivity (Wildman–Crippen MR) is 148 cm³/mol. The van der Waals surface area contributed by atoms with Crippen LogP contribution >= 0.6 is 0 Å². The maximum absolute atomic E-state index is 6.22. The molecule has 1 unspecified atom stereocenters. The van der Waals surface area contributed by atoms with Crippen molar-refractivity contribution in [3.8, 4) is 33.8 Å². The number of piperidine rings is 1. The lowest BCUT2D eigenvalue weighted by atomic mass is 10.0. The van der Waals surface area contributed by atoms with Gasteiger partial charge in [0.25, 0.3) is 0 Å². The molecule has 2 N–H and O–H groups in total. The zero-order valence-electron chi connectivity index (χ0n) is 21.2. The molecule has 7 heteroatoms. The number of pyridine rings is 1. The number of hydrogen-bond acceptors (Lipinski definition) is 6. The van der Waals surface area contributed by atoms with E-state index in [0.717, 1.165) is 97.0 Å². The van der Waals surface area contributed by atoms with E-state index in [1.165, 1.54) is 5.69 Å². The average molecular weight is 496 g/mol. The summed E-state index contributed by atoms with van der Waals surface area (Å²) in [5.74, 6) is 1.91. The summed E-state index contributed by atoms with van der Waals surface area (Å²) < 4.78 is 12.4. The van der Waals surface area contributed by atoms with E-state index in [1.54, 1.807) is 0 Å². The van der Waals surface area contributed by atoms with E-state index < -0.39 is 0 Å². The summed E-state index contributed by atoms with van der Waals surface area (Å²) >= 11 is 0. The van der Waals surface area contributed by atoms with Gasteiger partial charge in [0.1, 0.15) is 29.9 Å². The monoisotopic (exact) mass is 495 g/mol. The Labute approximate surface area is 217 Å². The number of benzene rings is 2. The van der Waals surface area contributed by atoms with Crippen molar-refractivity contribution in [2.24, 2.45) is 0 Å². The van der Waals surface area contributed by atoms with Crippen LogP contribution in [0.3, 0.4) is 0 Å². The zero-order chi connectivity index (χ0) is 24.8. The largest absolute Gasteiger partial charge is 0.490 e. The van der Waals surface area contributed by atoms with Gasteiger partial charge in [0.2, 0.25) is 0 Å². The van der Waals surface area contributed by atoms with Gasteiger partial charge in [0.05, 0.1) is 11.7 Å². The first-order valence-corrected chi connectivity index (χ1v) is 13.4. The molecule has 1 atom stereocenters. The highest BCUT2D eigenvalue weighted by molar-refractivity contribution is 5.96. The summed E-state index contributed by atoms with van der Waals surface area (Å²) in [7, 11) is 2.19. The van der Waals surface area contributed by atoms with E-state index in [1.807, 2.05) is 12.4 Å². The number of nitrogens with zero attached hydrogens (tertiary/aromatic N) is 3. The Bertz CT molecular complexity index is 1410. The second-order valence-electron chi connectivity index (χ2n) is 10.5. The molecule has 37 heavy (non-hydrogen) atoms. The van der Waals surface area contributed by atoms with Crippen molar-refractivity contribution in [1.82, 2.24) is 20.2 Å². The maximum atomic E-state index is 6.22. The van der Waals surface area contributed by atoms with E-state index >= 15 is 0 Å². The number of likely N-dealkylation sites (N-methyl/N-ethyl adjacent to an activating group) is 1. The first-order chi connectivity index (χ1) is 18.2. The van der Waals surface area contributed by atoms with Crippen molar-refractivity contribution >= 4 is 16.7 Å². The van der Waals surface area contributed by atoms with E-state index in [4.69, 9.17) is 14.5 Å². The summed E-state index contributed by atoms with van der Waals surface area (Å²) in [6.45, 7) is 5.96. The number of aromatic nitrogens is 2. The van der Waals surface area contributed by atoms with Gasteiger partial charge in [-0.3, -0.25) is 0 Å². The molecule has 0 amide bonds. The minimum absolute atomic E-state index is 0.301. The SMILES string of the molecule is CN1CCN2c3ccc(-c4cnc5[nH]cc(-c6ccc(OC7CCNCC7)cc6)c5c4)cc3OCC2C1. The predicted octanol–water partition coefficient (Wildman–Crippen LogP) is 4.54. The number of aromatic amines is 1. The highest BCUT2D eigenvalue weighted by Gasteiger charge is 2.31. The Hall–Kier alpha value is -3.55. The molecule has 0 spiro atoms. The van der Waals surface area contributed by atoms with Crippen molar-refractivity contribution in [3.05, 3.63) is 60.9 Å². The summed E-state index contributed by atoms with van der Waals surface area (Å²) in [6.07, 6.45) is 6.41. The molecule has 190 valence electrons. The number of ether oxygens (including phenoxy) is 2. The molecule has 5 heterocycles. The van der Waals surface area contributed by atoms with Crippen LogP contribution in [0.2, 0.25) is 0 Å². The van der Waals surface area contributed by atoms with Crippen LogP contribution in [0.5, 0.6) is 11.5 Å². The number of piperazine rings is 1. The van der Waals surface area contributed by atoms with E-state index in [0.29, 0.717) is 12.1 Å². The Morgan fingerprint density at radius 1 is 0.973 bits per heavy atom. The van der Waals surface area contributed by atoms with Crippen LogP contribution in [0.15, 0.2) is 60.9 Å². The molecule has 7 rings (SSSR count). The molecule has 3 aliphatic rings. The van der Waals surface area contributed by atoms with Gasteiger partial charge in [0.15, 0.2) is 0 Å². The van der Waals surface area contributed by atoms with Gasteiger partial charge in [-0.15, -0.1) is 0 Å². The fourth-order valence-corrected chi connectivity index (χ4v) is 5.92. The Kier molecular flexibility index (Phi) is 5.75. The number of rotatable bonds is 4. The summed E-state index contributed by atoms with van der Waals surface area (Å²) in [5.41, 5.74) is 6.61. The number of fused-ring (bicyclic) bond motifs is 4. The topological polar surface area (TPSA) is 65.7 Å². The molecule has 4 aromatic rings. The van der Waals surface area contributed by atoms with Crippen LogP contribution in [0.4, 0.5) is 5.69 Å². The lowest BCUT2D eigenvalue weighted by Gasteiger charge is -2.44. The lowest BCUT2D eigenvalue weighted by molar-refractivity contribution is 0.162. The number of H-pyrrole nitrogens is 1. The molecule has 2 fully saturated rings. The quantitative estimate of drug-likeness (QED) is 0.433. The molecule has 2 aromatic heterocycles. The zero-order valence-corrected chi connectivity index (χ0v) is 21.2. The molecule has 0 saturated carbocycles. The van der Waals surface area contributed by atoms with Crippen molar-refractivity contribution in [3.63, 3.8) is 0 Å². The minimum Gasteiger partial charge on any atom is -0.490 e. The molecule has 0 bridgehead atoms. The standard InChI is InChI=1S/C30H33N5O2/c1-34-12-13-35-23(18-34)19-36-29-15-21(4-7-28(29)35)22-14-26-27(17-33-30(26)32-16-22)20-2-5-24(6-3-20)37-25-8-10-31-11-9-25/h2-7,14-17,23,25,31H,8-13,18-19H2,1H3,(H,32,33). The second kappa shape index (κ2) is 9.39. The average Bonchev–Trinajstić information content (AvgIpc) is 3.37. The third kappa shape index (κ3) is 4.32. The third-order valence-electron chi connectivity index (χ3n) is 8.00. The molecule has 3 aliphatic heterocycles. The number of anilines is 1. The molecule has 0 radical (unpaired) electrons. The van der Waals surface area contributed by atoms with Gasteiger partial charge in [-0.25, -0.2) is 4.98 Å². The van der Waals surface area contributed by atoms with Gasteiger partial charge >= 0.3 is 0 Å². The molecule has 2 saturated heterocycles. The van der Waals surface area contributed by atoms with Crippen molar-refractivity contribution in [1.29, 1.82) is 0 Å². The second-order valence-corrected chi connectivity index (χ2v) is 10.5. The van der Waals surface area contributed by atoms with E-state index in [-0.39, 0.29) is 0 Å². The third-order valence-corrected chi connectivity index (χ3v) is 8.00. The van der Waals surface area contributed by atoms with Gasteiger partial charge < -0.3 is 29.6 Å². The number of hydrogen-bond donors (Lipinski definition) is 2. The highest BCUT2D eigenvalue weighted by Crippen LogP contribution is 2.39. The van der Waals surface area contributed by atoms with Gasteiger partial charge in [-0.05, 0) is 74.4 Å². The normalized spacial score (nSPS) is 20.4. The lowest BCUT2D eigenvalue weighted by Crippen LogP contribution is -2.56. The Balaban J connectivity index is 1.15. The van der Waals surface area contributed by atoms with Gasteiger partial charge in [0, 0.05) is 48.5 Å². The minimum atomic E-state index is 0.301. The van der Waals surface area contributed by atoms with Gasteiger partial charge in [-0.1, -0.05) is 18.2 Å². The molecular formula is C30H33N5O2. The van der Waals surface area contributed by atoms with E-state index in [2.05, 4.69) is 75.7 Å². The van der Waals surface area contributed by atoms with Crippen LogP contribution in [-0.2, 0) is 0 Å². The summed E-state index contributed by atoms with van der Waals surface area (Å²) in [6, 6.07) is 17.7. The van der Waals surface area contributed by atoms with Crippen LogP contribution in [0, 0.1) is 0 Å². The molecule has 7 nitrogen and oxygen atoms in total. The van der Waals surface area contributed by atoms with Crippen molar-refractivity contribution < 1.29 is 9.47 Å². The van der Waals surface area contributed by atoms with Gasteiger partial charge in [-0.2, -0.15) is 0 Å².